The van der Waals surface area contributed by atoms with Crippen LogP contribution < -0.4 is 4.74 Å². The van der Waals surface area contributed by atoms with Crippen LogP contribution in [0.1, 0.15) is 32.0 Å². The highest BCUT2D eigenvalue weighted by Crippen LogP contribution is 2.27. The van der Waals surface area contributed by atoms with Crippen LogP contribution in [0.4, 0.5) is 0 Å². The van der Waals surface area contributed by atoms with Crippen LogP contribution in [-0.2, 0) is 6.54 Å². The van der Waals surface area contributed by atoms with Gasteiger partial charge in [-0.25, -0.2) is 4.98 Å². The van der Waals surface area contributed by atoms with Gasteiger partial charge in [-0.1, -0.05) is 6.42 Å². The Labute approximate surface area is 169 Å². The lowest BCUT2D eigenvalue weighted by Gasteiger charge is -2.32. The number of aromatic nitrogens is 4. The number of hydrogen-bond acceptors (Lipinski definition) is 4. The normalized spacial score (nSPS) is 17.6. The van der Waals surface area contributed by atoms with Gasteiger partial charge in [0.15, 0.2) is 0 Å². The molecule has 4 aromatic rings. The first-order chi connectivity index (χ1) is 14.2. The molecule has 0 spiro atoms. The third kappa shape index (κ3) is 3.89. The molecule has 1 aliphatic heterocycles. The summed E-state index contributed by atoms with van der Waals surface area (Å²) in [5.74, 6) is 2.61. The quantitative estimate of drug-likeness (QED) is 0.499. The van der Waals surface area contributed by atoms with Crippen molar-refractivity contribution < 1.29 is 4.74 Å². The van der Waals surface area contributed by atoms with Crippen molar-refractivity contribution in [3.63, 3.8) is 0 Å². The molecule has 1 unspecified atom stereocenters. The number of H-pyrrole nitrogens is 2. The standard InChI is InChI=1S/C23H25N5O/c1-16-4-2-3-13-28(16)15-23-25-21-10-9-19(14-22(21)26-23)29-18-7-5-17(6-8-18)20-11-12-24-27-20/h5-12,14,16H,2-4,13,15H2,1H3,(H,24,27)(H,25,26). The van der Waals surface area contributed by atoms with Gasteiger partial charge in [0, 0.05) is 18.3 Å². The molecule has 0 bridgehead atoms. The fraction of sp³-hybridized carbons (Fsp3) is 0.304. The molecular weight excluding hydrogens is 362 g/mol. The average Bonchev–Trinajstić information content (AvgIpc) is 3.40. The number of hydrogen-bond donors (Lipinski definition) is 2. The third-order valence-corrected chi connectivity index (χ3v) is 5.70. The number of imidazole rings is 1. The third-order valence-electron chi connectivity index (χ3n) is 5.70. The number of aromatic amines is 2. The second-order valence-corrected chi connectivity index (χ2v) is 7.77. The number of rotatable bonds is 5. The lowest BCUT2D eigenvalue weighted by molar-refractivity contribution is 0.149. The molecule has 148 valence electrons. The van der Waals surface area contributed by atoms with Gasteiger partial charge < -0.3 is 9.72 Å². The first-order valence-electron chi connectivity index (χ1n) is 10.2. The Morgan fingerprint density at radius 1 is 1.07 bits per heavy atom. The maximum Gasteiger partial charge on any atom is 0.129 e. The maximum absolute atomic E-state index is 6.04. The van der Waals surface area contributed by atoms with Gasteiger partial charge in [0.1, 0.15) is 17.3 Å². The fourth-order valence-corrected chi connectivity index (χ4v) is 4.02. The zero-order valence-corrected chi connectivity index (χ0v) is 16.6. The van der Waals surface area contributed by atoms with Crippen LogP contribution in [-0.4, -0.2) is 37.7 Å². The monoisotopic (exact) mass is 387 g/mol. The minimum absolute atomic E-state index is 0.626. The molecular formula is C23H25N5O. The van der Waals surface area contributed by atoms with Crippen molar-refractivity contribution in [3.05, 3.63) is 60.6 Å². The van der Waals surface area contributed by atoms with Crippen molar-refractivity contribution in [2.75, 3.05) is 6.54 Å². The summed E-state index contributed by atoms with van der Waals surface area (Å²) in [4.78, 5) is 10.8. The summed E-state index contributed by atoms with van der Waals surface area (Å²) in [6.07, 6.45) is 5.64. The second kappa shape index (κ2) is 7.72. The molecule has 29 heavy (non-hydrogen) atoms. The van der Waals surface area contributed by atoms with Crippen LogP contribution in [0.3, 0.4) is 0 Å². The molecule has 0 aliphatic carbocycles. The van der Waals surface area contributed by atoms with Crippen molar-refractivity contribution in [1.29, 1.82) is 0 Å². The highest BCUT2D eigenvalue weighted by Gasteiger charge is 2.19. The SMILES string of the molecule is CC1CCCCN1Cc1nc2cc(Oc3ccc(-c4ccn[nH]4)cc3)ccc2[nH]1. The zero-order chi connectivity index (χ0) is 19.6. The van der Waals surface area contributed by atoms with Gasteiger partial charge in [0.25, 0.3) is 0 Å². The molecule has 1 aliphatic rings. The Morgan fingerprint density at radius 3 is 2.72 bits per heavy atom. The van der Waals surface area contributed by atoms with E-state index in [1.807, 2.05) is 48.5 Å². The summed E-state index contributed by atoms with van der Waals surface area (Å²) >= 11 is 0. The predicted molar refractivity (Wildman–Crippen MR) is 114 cm³/mol. The Kier molecular flexibility index (Phi) is 4.77. The van der Waals surface area contributed by atoms with Crippen LogP contribution in [0.2, 0.25) is 0 Å². The minimum Gasteiger partial charge on any atom is -0.457 e. The van der Waals surface area contributed by atoms with Crippen LogP contribution in [0.25, 0.3) is 22.3 Å². The lowest BCUT2D eigenvalue weighted by atomic mass is 10.0. The molecule has 0 radical (unpaired) electrons. The predicted octanol–water partition coefficient (Wildman–Crippen LogP) is 5.12. The van der Waals surface area contributed by atoms with E-state index in [1.54, 1.807) is 6.20 Å². The Bertz CT molecular complexity index is 1080. The van der Waals surface area contributed by atoms with Crippen molar-refractivity contribution >= 4 is 11.0 Å². The van der Waals surface area contributed by atoms with Gasteiger partial charge in [0.05, 0.1) is 23.3 Å². The number of benzene rings is 2. The number of nitrogens with one attached hydrogen (secondary N) is 2. The Morgan fingerprint density at radius 2 is 1.93 bits per heavy atom. The number of piperidine rings is 1. The van der Waals surface area contributed by atoms with E-state index in [-0.39, 0.29) is 0 Å². The smallest absolute Gasteiger partial charge is 0.129 e. The van der Waals surface area contributed by atoms with E-state index in [0.717, 1.165) is 52.7 Å². The molecule has 1 atom stereocenters. The van der Waals surface area contributed by atoms with Crippen LogP contribution in [0, 0.1) is 0 Å². The van der Waals surface area contributed by atoms with E-state index in [4.69, 9.17) is 9.72 Å². The molecule has 3 heterocycles. The van der Waals surface area contributed by atoms with Gasteiger partial charge in [-0.05, 0) is 74.3 Å². The summed E-state index contributed by atoms with van der Waals surface area (Å²) in [6, 6.07) is 16.6. The largest absolute Gasteiger partial charge is 0.457 e. The number of fused-ring (bicyclic) bond motifs is 1. The highest BCUT2D eigenvalue weighted by atomic mass is 16.5. The van der Waals surface area contributed by atoms with Gasteiger partial charge in [-0.3, -0.25) is 10.00 Å². The lowest BCUT2D eigenvalue weighted by Crippen LogP contribution is -2.37. The molecule has 2 N–H and O–H groups in total. The maximum atomic E-state index is 6.04. The molecule has 6 heteroatoms. The summed E-state index contributed by atoms with van der Waals surface area (Å²) in [6.45, 7) is 4.34. The summed E-state index contributed by atoms with van der Waals surface area (Å²) in [5, 5.41) is 6.96. The molecule has 2 aromatic heterocycles. The van der Waals surface area contributed by atoms with Crippen molar-refractivity contribution in [1.82, 2.24) is 25.1 Å². The molecule has 6 nitrogen and oxygen atoms in total. The topological polar surface area (TPSA) is 69.8 Å². The summed E-state index contributed by atoms with van der Waals surface area (Å²) in [7, 11) is 0. The minimum atomic E-state index is 0.626. The van der Waals surface area contributed by atoms with E-state index >= 15 is 0 Å². The first-order valence-corrected chi connectivity index (χ1v) is 10.2. The van der Waals surface area contributed by atoms with E-state index < -0.39 is 0 Å². The van der Waals surface area contributed by atoms with Crippen LogP contribution in [0.15, 0.2) is 54.7 Å². The Hall–Kier alpha value is -3.12. The van der Waals surface area contributed by atoms with Crippen molar-refractivity contribution in [2.24, 2.45) is 0 Å². The highest BCUT2D eigenvalue weighted by molar-refractivity contribution is 5.77. The number of ether oxygens (including phenoxy) is 1. The van der Waals surface area contributed by atoms with Crippen LogP contribution >= 0.6 is 0 Å². The van der Waals surface area contributed by atoms with Crippen molar-refractivity contribution in [3.8, 4) is 22.8 Å². The van der Waals surface area contributed by atoms with Gasteiger partial charge in [0.2, 0.25) is 0 Å². The Balaban J connectivity index is 1.31. The molecule has 1 saturated heterocycles. The molecule has 0 saturated carbocycles. The van der Waals surface area contributed by atoms with E-state index in [1.165, 1.54) is 19.3 Å². The second-order valence-electron chi connectivity index (χ2n) is 7.77. The van der Waals surface area contributed by atoms with Gasteiger partial charge >= 0.3 is 0 Å². The number of likely N-dealkylation sites (tertiary alicyclic amines) is 1. The van der Waals surface area contributed by atoms with Crippen LogP contribution in [0.5, 0.6) is 11.5 Å². The van der Waals surface area contributed by atoms with E-state index in [2.05, 4.69) is 27.0 Å². The molecule has 0 amide bonds. The first kappa shape index (κ1) is 17.9. The van der Waals surface area contributed by atoms with Crippen molar-refractivity contribution in [2.45, 2.75) is 38.8 Å². The number of nitrogens with zero attached hydrogens (tertiary/aromatic N) is 3. The summed E-state index contributed by atoms with van der Waals surface area (Å²) in [5.41, 5.74) is 4.06. The average molecular weight is 387 g/mol. The fourth-order valence-electron chi connectivity index (χ4n) is 4.02. The zero-order valence-electron chi connectivity index (χ0n) is 16.6. The molecule has 2 aromatic carbocycles. The van der Waals surface area contributed by atoms with E-state index in [9.17, 15) is 0 Å². The van der Waals surface area contributed by atoms with Gasteiger partial charge in [-0.15, -0.1) is 0 Å². The summed E-state index contributed by atoms with van der Waals surface area (Å²) < 4.78 is 6.04. The van der Waals surface area contributed by atoms with Gasteiger partial charge in [-0.2, -0.15) is 5.10 Å². The molecule has 5 rings (SSSR count). The molecule has 1 fully saturated rings. The van der Waals surface area contributed by atoms with E-state index in [0.29, 0.717) is 6.04 Å².